The summed E-state index contributed by atoms with van der Waals surface area (Å²) in [7, 11) is 0. The minimum absolute atomic E-state index is 0.0163. The van der Waals surface area contributed by atoms with Gasteiger partial charge in [0.1, 0.15) is 0 Å². The van der Waals surface area contributed by atoms with Gasteiger partial charge in [0.2, 0.25) is 0 Å². The van der Waals surface area contributed by atoms with Gasteiger partial charge in [0.15, 0.2) is 0 Å². The van der Waals surface area contributed by atoms with Crippen molar-refractivity contribution in [2.45, 2.75) is 26.4 Å². The molecule has 1 aromatic carbocycles. The van der Waals surface area contributed by atoms with E-state index in [-0.39, 0.29) is 6.04 Å². The van der Waals surface area contributed by atoms with E-state index in [4.69, 9.17) is 5.84 Å². The van der Waals surface area contributed by atoms with Crippen LogP contribution in [0, 0.1) is 6.92 Å². The zero-order valence-corrected chi connectivity index (χ0v) is 10.2. The Balaban J connectivity index is 2.42. The molecule has 0 fully saturated rings. The fraction of sp³-hybridized carbons (Fsp3) is 0.308. The summed E-state index contributed by atoms with van der Waals surface area (Å²) in [6.45, 7) is 4.91. The second-order valence-electron chi connectivity index (χ2n) is 4.04. The molecule has 0 saturated heterocycles. The van der Waals surface area contributed by atoms with E-state index in [1.807, 2.05) is 29.8 Å². The first-order valence-corrected chi connectivity index (χ1v) is 5.81. The van der Waals surface area contributed by atoms with Crippen LogP contribution in [-0.2, 0) is 6.54 Å². The fourth-order valence-corrected chi connectivity index (χ4v) is 2.05. The lowest BCUT2D eigenvalue weighted by Crippen LogP contribution is -2.30. The van der Waals surface area contributed by atoms with Crippen molar-refractivity contribution < 1.29 is 0 Å². The largest absolute Gasteiger partial charge is 0.271 e. The van der Waals surface area contributed by atoms with Crippen LogP contribution in [0.15, 0.2) is 36.4 Å². The van der Waals surface area contributed by atoms with Crippen molar-refractivity contribution in [2.75, 3.05) is 0 Å². The molecule has 1 atom stereocenters. The molecule has 4 heteroatoms. The molecule has 90 valence electrons. The number of rotatable bonds is 4. The average molecular weight is 230 g/mol. The van der Waals surface area contributed by atoms with Crippen molar-refractivity contribution in [2.24, 2.45) is 5.84 Å². The second-order valence-corrected chi connectivity index (χ2v) is 4.04. The van der Waals surface area contributed by atoms with Crippen LogP contribution in [0.3, 0.4) is 0 Å². The van der Waals surface area contributed by atoms with Gasteiger partial charge in [-0.2, -0.15) is 5.10 Å². The molecule has 2 rings (SSSR count). The van der Waals surface area contributed by atoms with Crippen molar-refractivity contribution in [1.29, 1.82) is 0 Å². The van der Waals surface area contributed by atoms with Crippen molar-refractivity contribution in [3.05, 3.63) is 53.3 Å². The Hall–Kier alpha value is -1.65. The SMILES string of the molecule is CCn1nc(C)cc1C(NN)c1ccccc1. The van der Waals surface area contributed by atoms with Gasteiger partial charge >= 0.3 is 0 Å². The third-order valence-corrected chi connectivity index (χ3v) is 2.83. The number of hydrogen-bond donors (Lipinski definition) is 2. The molecule has 0 bridgehead atoms. The summed E-state index contributed by atoms with van der Waals surface area (Å²) >= 11 is 0. The zero-order chi connectivity index (χ0) is 12.3. The summed E-state index contributed by atoms with van der Waals surface area (Å²) in [6.07, 6.45) is 0. The van der Waals surface area contributed by atoms with E-state index < -0.39 is 0 Å². The van der Waals surface area contributed by atoms with Gasteiger partial charge in [0.05, 0.1) is 17.4 Å². The van der Waals surface area contributed by atoms with Crippen LogP contribution < -0.4 is 11.3 Å². The van der Waals surface area contributed by atoms with E-state index in [0.717, 1.165) is 23.5 Å². The Kier molecular flexibility index (Phi) is 3.56. The van der Waals surface area contributed by atoms with Crippen LogP contribution in [0.5, 0.6) is 0 Å². The first-order valence-electron chi connectivity index (χ1n) is 5.81. The number of hydrazine groups is 1. The van der Waals surface area contributed by atoms with E-state index in [2.05, 4.69) is 35.6 Å². The van der Waals surface area contributed by atoms with Crippen LogP contribution in [-0.4, -0.2) is 9.78 Å². The number of aromatic nitrogens is 2. The summed E-state index contributed by atoms with van der Waals surface area (Å²) in [5.41, 5.74) is 6.11. The summed E-state index contributed by atoms with van der Waals surface area (Å²) < 4.78 is 1.98. The molecular formula is C13H18N4. The van der Waals surface area contributed by atoms with Crippen LogP contribution in [0.1, 0.15) is 29.9 Å². The Bertz CT molecular complexity index is 475. The summed E-state index contributed by atoms with van der Waals surface area (Å²) in [6, 6.07) is 12.2. The summed E-state index contributed by atoms with van der Waals surface area (Å²) in [5.74, 6) is 5.68. The minimum atomic E-state index is -0.0163. The number of aryl methyl sites for hydroxylation is 2. The lowest BCUT2D eigenvalue weighted by molar-refractivity contribution is 0.542. The number of nitrogens with zero attached hydrogens (tertiary/aromatic N) is 2. The van der Waals surface area contributed by atoms with Gasteiger partial charge in [0.25, 0.3) is 0 Å². The van der Waals surface area contributed by atoms with E-state index in [0.29, 0.717) is 0 Å². The van der Waals surface area contributed by atoms with Gasteiger partial charge in [-0.3, -0.25) is 10.5 Å². The number of nitrogens with two attached hydrogens (primary N) is 1. The third kappa shape index (κ3) is 2.38. The maximum atomic E-state index is 5.68. The predicted molar refractivity (Wildman–Crippen MR) is 68.2 cm³/mol. The molecule has 1 unspecified atom stereocenters. The van der Waals surface area contributed by atoms with Gasteiger partial charge in [-0.15, -0.1) is 0 Å². The Morgan fingerprint density at radius 2 is 2.06 bits per heavy atom. The van der Waals surface area contributed by atoms with E-state index >= 15 is 0 Å². The molecule has 3 N–H and O–H groups in total. The lowest BCUT2D eigenvalue weighted by atomic mass is 10.0. The van der Waals surface area contributed by atoms with E-state index in [1.54, 1.807) is 0 Å². The molecule has 0 spiro atoms. The van der Waals surface area contributed by atoms with Crippen molar-refractivity contribution in [3.63, 3.8) is 0 Å². The van der Waals surface area contributed by atoms with Gasteiger partial charge in [-0.1, -0.05) is 30.3 Å². The maximum absolute atomic E-state index is 5.68. The molecule has 1 heterocycles. The molecule has 0 aliphatic carbocycles. The monoisotopic (exact) mass is 230 g/mol. The topological polar surface area (TPSA) is 55.9 Å². The molecule has 1 aromatic heterocycles. The average Bonchev–Trinajstić information content (AvgIpc) is 2.73. The van der Waals surface area contributed by atoms with E-state index in [9.17, 15) is 0 Å². The lowest BCUT2D eigenvalue weighted by Gasteiger charge is -2.17. The normalized spacial score (nSPS) is 12.6. The minimum Gasteiger partial charge on any atom is -0.271 e. The summed E-state index contributed by atoms with van der Waals surface area (Å²) in [4.78, 5) is 0. The highest BCUT2D eigenvalue weighted by Crippen LogP contribution is 2.21. The number of nitrogens with one attached hydrogen (secondary N) is 1. The van der Waals surface area contributed by atoms with Gasteiger partial charge < -0.3 is 0 Å². The molecule has 0 amide bonds. The number of hydrogen-bond acceptors (Lipinski definition) is 3. The molecule has 4 nitrogen and oxygen atoms in total. The molecule has 2 aromatic rings. The molecule has 17 heavy (non-hydrogen) atoms. The fourth-order valence-electron chi connectivity index (χ4n) is 2.05. The second kappa shape index (κ2) is 5.12. The van der Waals surface area contributed by atoms with Gasteiger partial charge in [-0.25, -0.2) is 5.43 Å². The van der Waals surface area contributed by atoms with Crippen LogP contribution in [0.25, 0.3) is 0 Å². The third-order valence-electron chi connectivity index (χ3n) is 2.83. The molecule has 0 saturated carbocycles. The Morgan fingerprint density at radius 3 is 2.65 bits per heavy atom. The highest BCUT2D eigenvalue weighted by Gasteiger charge is 2.17. The zero-order valence-electron chi connectivity index (χ0n) is 10.2. The Morgan fingerprint density at radius 1 is 1.35 bits per heavy atom. The molecular weight excluding hydrogens is 212 g/mol. The van der Waals surface area contributed by atoms with E-state index in [1.165, 1.54) is 0 Å². The predicted octanol–water partition coefficient (Wildman–Crippen LogP) is 1.76. The first-order chi connectivity index (χ1) is 8.26. The first kappa shape index (κ1) is 11.8. The van der Waals surface area contributed by atoms with Crippen molar-refractivity contribution in [3.8, 4) is 0 Å². The molecule has 0 aliphatic heterocycles. The highest BCUT2D eigenvalue weighted by molar-refractivity contribution is 5.28. The molecule has 0 aliphatic rings. The van der Waals surface area contributed by atoms with Crippen LogP contribution in [0.2, 0.25) is 0 Å². The standard InChI is InChI=1S/C13H18N4/c1-3-17-12(9-10(2)16-17)13(15-14)11-7-5-4-6-8-11/h4-9,13,15H,3,14H2,1-2H3. The smallest absolute Gasteiger partial charge is 0.0878 e. The Labute approximate surface area is 101 Å². The highest BCUT2D eigenvalue weighted by atomic mass is 15.3. The summed E-state index contributed by atoms with van der Waals surface area (Å²) in [5, 5.41) is 4.44. The van der Waals surface area contributed by atoms with Crippen molar-refractivity contribution >= 4 is 0 Å². The van der Waals surface area contributed by atoms with Gasteiger partial charge in [-0.05, 0) is 25.5 Å². The quantitative estimate of drug-likeness (QED) is 0.621. The molecule has 0 radical (unpaired) electrons. The van der Waals surface area contributed by atoms with Crippen molar-refractivity contribution in [1.82, 2.24) is 15.2 Å². The van der Waals surface area contributed by atoms with Gasteiger partial charge in [0, 0.05) is 6.54 Å². The number of benzene rings is 1. The van der Waals surface area contributed by atoms with Crippen LogP contribution in [0.4, 0.5) is 0 Å². The van der Waals surface area contributed by atoms with Crippen LogP contribution >= 0.6 is 0 Å². The maximum Gasteiger partial charge on any atom is 0.0878 e.